The highest BCUT2D eigenvalue weighted by molar-refractivity contribution is 7.99. The summed E-state index contributed by atoms with van der Waals surface area (Å²) in [6.45, 7) is 3.43. The van der Waals surface area contributed by atoms with Crippen LogP contribution >= 0.6 is 11.8 Å². The largest absolute Gasteiger partial charge is 0.508 e. The van der Waals surface area contributed by atoms with Gasteiger partial charge in [-0.25, -0.2) is 9.78 Å². The Balaban J connectivity index is 0.00000280. The third-order valence-corrected chi connectivity index (χ3v) is 5.83. The van der Waals surface area contributed by atoms with Crippen molar-refractivity contribution in [2.24, 2.45) is 0 Å². The predicted molar refractivity (Wildman–Crippen MR) is 99.7 cm³/mol. The van der Waals surface area contributed by atoms with Crippen LogP contribution in [0.1, 0.15) is 25.0 Å². The van der Waals surface area contributed by atoms with Gasteiger partial charge in [-0.15, -0.1) is 0 Å². The number of thioether (sulfide) groups is 1. The van der Waals surface area contributed by atoms with Crippen molar-refractivity contribution in [2.75, 3.05) is 0 Å². The zero-order chi connectivity index (χ0) is 19.8. The summed E-state index contributed by atoms with van der Waals surface area (Å²) in [5.41, 5.74) is 0.630. The Hall–Kier alpha value is -2.26. The maximum Gasteiger partial charge on any atom is 0.490 e. The number of halogens is 3. The maximum atomic E-state index is 12.8. The minimum Gasteiger partial charge on any atom is -0.508 e. The first-order valence-electron chi connectivity index (χ1n) is 8.27. The van der Waals surface area contributed by atoms with E-state index in [-0.39, 0.29) is 11.9 Å². The van der Waals surface area contributed by atoms with E-state index < -0.39 is 28.9 Å². The molecule has 0 amide bonds. The van der Waals surface area contributed by atoms with E-state index in [1.165, 1.54) is 17.8 Å². The molecule has 1 heterocycles. The van der Waals surface area contributed by atoms with Crippen LogP contribution in [0.5, 0.6) is 5.75 Å². The second kappa shape index (κ2) is 8.00. The second-order valence-electron chi connectivity index (χ2n) is 6.92. The number of ether oxygens (including phenoxy) is 1. The summed E-state index contributed by atoms with van der Waals surface area (Å²) in [4.78, 5) is 15.8. The fourth-order valence-electron chi connectivity index (χ4n) is 3.36. The normalized spacial score (nSPS) is 20.6. The number of carbonyl (C=O) groups is 1. The van der Waals surface area contributed by atoms with E-state index in [9.17, 15) is 23.1 Å². The van der Waals surface area contributed by atoms with Crippen molar-refractivity contribution in [1.29, 1.82) is 0 Å². The smallest absolute Gasteiger partial charge is 0.490 e. The van der Waals surface area contributed by atoms with E-state index in [1.54, 1.807) is 50.4 Å². The minimum atomic E-state index is -5.07. The zero-order valence-corrected chi connectivity index (χ0v) is 16.2. The van der Waals surface area contributed by atoms with Gasteiger partial charge in [0.05, 0.1) is 10.3 Å². The molecule has 0 saturated heterocycles. The van der Waals surface area contributed by atoms with E-state index in [0.717, 1.165) is 5.56 Å². The van der Waals surface area contributed by atoms with E-state index in [2.05, 4.69) is 4.98 Å². The van der Waals surface area contributed by atoms with Gasteiger partial charge >= 0.3 is 12.1 Å². The molecule has 1 aliphatic carbocycles. The average molecular weight is 414 g/mol. The lowest BCUT2D eigenvalue weighted by atomic mass is 9.70. The molecule has 1 aliphatic rings. The van der Waals surface area contributed by atoms with Gasteiger partial charge in [0.1, 0.15) is 11.9 Å². The molecular weight excluding hydrogens is 393 g/mol. The highest BCUT2D eigenvalue weighted by Gasteiger charge is 2.50. The summed E-state index contributed by atoms with van der Waals surface area (Å²) in [7, 11) is 0. The molecule has 0 spiro atoms. The van der Waals surface area contributed by atoms with Crippen LogP contribution in [0, 0.1) is 0 Å². The number of aromatic nitrogens is 1. The van der Waals surface area contributed by atoms with Crippen molar-refractivity contribution in [3.05, 3.63) is 53.7 Å². The number of benzene rings is 1. The van der Waals surface area contributed by atoms with Crippen LogP contribution in [0.15, 0.2) is 47.6 Å². The summed E-state index contributed by atoms with van der Waals surface area (Å²) in [6, 6.07) is 10.1. The molecule has 1 aromatic heterocycles. The lowest BCUT2D eigenvalue weighted by molar-refractivity contribution is -0.207. The fraction of sp³-hybridized carbons (Fsp3) is 0.368. The van der Waals surface area contributed by atoms with Gasteiger partial charge in [-0.05, 0) is 41.8 Å². The first-order chi connectivity index (χ1) is 12.6. The number of rotatable bonds is 3. The molecule has 0 unspecified atom stereocenters. The Morgan fingerprint density at radius 1 is 1.29 bits per heavy atom. The van der Waals surface area contributed by atoms with Crippen molar-refractivity contribution in [3.8, 4) is 5.75 Å². The number of alkyl halides is 3. The van der Waals surface area contributed by atoms with Crippen LogP contribution in [0.25, 0.3) is 0 Å². The lowest BCUT2D eigenvalue weighted by Gasteiger charge is -2.44. The highest BCUT2D eigenvalue weighted by atomic mass is 32.2. The molecule has 3 rings (SSSR count). The molecule has 0 bridgehead atoms. The first kappa shape index (κ1) is 22.0. The highest BCUT2D eigenvalue weighted by Crippen LogP contribution is 2.45. The van der Waals surface area contributed by atoms with Crippen LogP contribution in [0.4, 0.5) is 13.2 Å². The Kier molecular flexibility index (Phi) is 6.30. The SMILES string of the molecule is CC1(C)c2cc(O)ccc2C[C@H](Sc2ccccn2)[C@H]1OC(=O)C(F)(F)F.N. The van der Waals surface area contributed by atoms with Gasteiger partial charge in [0, 0.05) is 11.6 Å². The molecule has 0 fully saturated rings. The minimum absolute atomic E-state index is 0. The number of aromatic hydroxyl groups is 1. The summed E-state index contributed by atoms with van der Waals surface area (Å²) < 4.78 is 43.5. The molecule has 4 N–H and O–H groups in total. The Labute approximate surface area is 164 Å². The molecular formula is C19H21F3N2O3S. The van der Waals surface area contributed by atoms with Crippen molar-refractivity contribution in [2.45, 2.75) is 48.2 Å². The topological polar surface area (TPSA) is 94.4 Å². The van der Waals surface area contributed by atoms with Crippen LogP contribution in [0.3, 0.4) is 0 Å². The number of carbonyl (C=O) groups excluding carboxylic acids is 1. The van der Waals surface area contributed by atoms with Crippen molar-refractivity contribution < 1.29 is 27.8 Å². The van der Waals surface area contributed by atoms with Crippen molar-refractivity contribution >= 4 is 17.7 Å². The maximum absolute atomic E-state index is 12.8. The zero-order valence-electron chi connectivity index (χ0n) is 15.4. The predicted octanol–water partition coefficient (Wildman–Crippen LogP) is 4.42. The number of hydrogen-bond acceptors (Lipinski definition) is 6. The molecule has 0 aliphatic heterocycles. The fourth-order valence-corrected chi connectivity index (χ4v) is 4.74. The van der Waals surface area contributed by atoms with Crippen LogP contribution in [-0.2, 0) is 21.4 Å². The number of fused-ring (bicyclic) bond motifs is 1. The molecule has 5 nitrogen and oxygen atoms in total. The van der Waals surface area contributed by atoms with E-state index in [0.29, 0.717) is 17.0 Å². The van der Waals surface area contributed by atoms with E-state index in [4.69, 9.17) is 4.74 Å². The number of hydrogen-bond donors (Lipinski definition) is 2. The molecule has 2 atom stereocenters. The number of phenolic OH excluding ortho intramolecular Hbond substituents is 1. The molecule has 2 aromatic rings. The average Bonchev–Trinajstić information content (AvgIpc) is 2.59. The Bertz CT molecular complexity index is 844. The van der Waals surface area contributed by atoms with Crippen molar-refractivity contribution in [3.63, 3.8) is 0 Å². The molecule has 152 valence electrons. The third-order valence-electron chi connectivity index (χ3n) is 4.63. The van der Waals surface area contributed by atoms with Gasteiger partial charge in [-0.3, -0.25) is 0 Å². The Morgan fingerprint density at radius 3 is 2.61 bits per heavy atom. The molecule has 28 heavy (non-hydrogen) atoms. The van der Waals surface area contributed by atoms with Gasteiger partial charge < -0.3 is 16.0 Å². The standard InChI is InChI=1S/C19H18F3NO3S.H3N/c1-18(2)13-10-12(24)7-6-11(13)9-14(27-15-5-3-4-8-23-15)16(18)26-17(25)19(20,21)22;/h3-8,10,14,16,24H,9H2,1-2H3;1H3/t14-,16+;/m0./s1. The van der Waals surface area contributed by atoms with Gasteiger partial charge in [0.15, 0.2) is 0 Å². The monoisotopic (exact) mass is 414 g/mol. The van der Waals surface area contributed by atoms with E-state index >= 15 is 0 Å². The van der Waals surface area contributed by atoms with E-state index in [1.807, 2.05) is 0 Å². The first-order valence-corrected chi connectivity index (χ1v) is 9.15. The summed E-state index contributed by atoms with van der Waals surface area (Å²) >= 11 is 1.28. The Morgan fingerprint density at radius 2 is 2.00 bits per heavy atom. The van der Waals surface area contributed by atoms with Gasteiger partial charge in [0.25, 0.3) is 0 Å². The molecule has 9 heteroatoms. The quantitative estimate of drug-likeness (QED) is 0.722. The van der Waals surface area contributed by atoms with Crippen LogP contribution in [-0.4, -0.2) is 33.6 Å². The molecule has 0 radical (unpaired) electrons. The number of esters is 1. The lowest BCUT2D eigenvalue weighted by Crippen LogP contribution is -2.50. The number of phenols is 1. The summed E-state index contributed by atoms with van der Waals surface area (Å²) in [5, 5.41) is 9.99. The van der Waals surface area contributed by atoms with Crippen LogP contribution < -0.4 is 6.15 Å². The number of pyridine rings is 1. The second-order valence-corrected chi connectivity index (χ2v) is 8.17. The van der Waals surface area contributed by atoms with Gasteiger partial charge in [-0.2, -0.15) is 13.2 Å². The molecule has 0 saturated carbocycles. The van der Waals surface area contributed by atoms with Crippen molar-refractivity contribution in [1.82, 2.24) is 11.1 Å². The van der Waals surface area contributed by atoms with Gasteiger partial charge in [-0.1, -0.05) is 37.7 Å². The molecule has 1 aromatic carbocycles. The summed E-state index contributed by atoms with van der Waals surface area (Å²) in [5.74, 6) is -2.20. The third kappa shape index (κ3) is 4.41. The number of nitrogens with zero attached hydrogens (tertiary/aromatic N) is 1. The van der Waals surface area contributed by atoms with Gasteiger partial charge in [0.2, 0.25) is 0 Å². The summed E-state index contributed by atoms with van der Waals surface area (Å²) in [6.07, 6.45) is -4.14. The van der Waals surface area contributed by atoms with Crippen LogP contribution in [0.2, 0.25) is 0 Å².